The van der Waals surface area contributed by atoms with Crippen LogP contribution < -0.4 is 15.0 Å². The van der Waals surface area contributed by atoms with E-state index >= 15 is 0 Å². The standard InChI is InChI=1S/C25H23N3O4/c1-15-8-10-19(11-9-15)27-16(2)12-18(17(27)3)13-22-23(29)26-25(31)28(24(22)30)20-6-5-7-21(14-20)32-4/h5-14H,1-4H3,(H,26,29,31). The molecule has 0 atom stereocenters. The smallest absolute Gasteiger partial charge is 0.335 e. The lowest BCUT2D eigenvalue weighted by Gasteiger charge is -2.26. The summed E-state index contributed by atoms with van der Waals surface area (Å²) < 4.78 is 7.24. The second-order valence-corrected chi connectivity index (χ2v) is 7.66. The average molecular weight is 429 g/mol. The van der Waals surface area contributed by atoms with Crippen LogP contribution in [0.2, 0.25) is 0 Å². The van der Waals surface area contributed by atoms with Gasteiger partial charge in [0.05, 0.1) is 12.8 Å². The van der Waals surface area contributed by atoms with E-state index in [1.54, 1.807) is 24.3 Å². The second kappa shape index (κ2) is 8.19. The van der Waals surface area contributed by atoms with Crippen LogP contribution in [0.15, 0.2) is 60.2 Å². The second-order valence-electron chi connectivity index (χ2n) is 7.66. The van der Waals surface area contributed by atoms with Crippen molar-refractivity contribution in [3.8, 4) is 11.4 Å². The monoisotopic (exact) mass is 429 g/mol. The summed E-state index contributed by atoms with van der Waals surface area (Å²) in [6, 6.07) is 15.8. The van der Waals surface area contributed by atoms with Gasteiger partial charge < -0.3 is 9.30 Å². The maximum atomic E-state index is 13.2. The van der Waals surface area contributed by atoms with Gasteiger partial charge in [0.15, 0.2) is 0 Å². The van der Waals surface area contributed by atoms with Gasteiger partial charge in [0.25, 0.3) is 11.8 Å². The molecule has 32 heavy (non-hydrogen) atoms. The number of carbonyl (C=O) groups is 3. The SMILES string of the molecule is COc1cccc(N2C(=O)NC(=O)C(=Cc3cc(C)n(-c4ccc(C)cc4)c3C)C2=O)c1. The van der Waals surface area contributed by atoms with Gasteiger partial charge in [-0.3, -0.25) is 14.9 Å². The van der Waals surface area contributed by atoms with Crippen LogP contribution in [0.3, 0.4) is 0 Å². The van der Waals surface area contributed by atoms with E-state index in [2.05, 4.69) is 9.88 Å². The first-order chi connectivity index (χ1) is 15.3. The molecule has 0 radical (unpaired) electrons. The number of methoxy groups -OCH3 is 1. The Morgan fingerprint density at radius 1 is 0.906 bits per heavy atom. The van der Waals surface area contributed by atoms with E-state index in [4.69, 9.17) is 4.74 Å². The van der Waals surface area contributed by atoms with E-state index in [0.717, 1.165) is 33.1 Å². The number of nitrogens with one attached hydrogen (secondary N) is 1. The maximum Gasteiger partial charge on any atom is 0.335 e. The molecule has 0 aliphatic carbocycles. The minimum absolute atomic E-state index is 0.114. The van der Waals surface area contributed by atoms with Crippen molar-refractivity contribution in [1.29, 1.82) is 0 Å². The van der Waals surface area contributed by atoms with Crippen molar-refractivity contribution >= 4 is 29.6 Å². The Hall–Kier alpha value is -4.13. The Morgan fingerprint density at radius 2 is 1.62 bits per heavy atom. The number of rotatable bonds is 4. The topological polar surface area (TPSA) is 80.6 Å². The van der Waals surface area contributed by atoms with Crippen molar-refractivity contribution in [2.45, 2.75) is 20.8 Å². The highest BCUT2D eigenvalue weighted by Crippen LogP contribution is 2.27. The molecule has 0 bridgehead atoms. The zero-order valence-electron chi connectivity index (χ0n) is 18.3. The molecular weight excluding hydrogens is 406 g/mol. The van der Waals surface area contributed by atoms with Gasteiger partial charge in [-0.1, -0.05) is 23.8 Å². The maximum absolute atomic E-state index is 13.2. The molecule has 1 aromatic heterocycles. The number of hydrogen-bond acceptors (Lipinski definition) is 4. The van der Waals surface area contributed by atoms with Gasteiger partial charge in [0, 0.05) is 23.1 Å². The fourth-order valence-electron chi connectivity index (χ4n) is 3.82. The van der Waals surface area contributed by atoms with Gasteiger partial charge in [-0.15, -0.1) is 0 Å². The molecule has 1 N–H and O–H groups in total. The molecule has 4 amide bonds. The summed E-state index contributed by atoms with van der Waals surface area (Å²) in [4.78, 5) is 39.1. The molecule has 1 aliphatic heterocycles. The zero-order chi connectivity index (χ0) is 23.0. The third-order valence-electron chi connectivity index (χ3n) is 5.48. The first kappa shape index (κ1) is 21.1. The van der Waals surface area contributed by atoms with E-state index in [1.165, 1.54) is 13.2 Å². The van der Waals surface area contributed by atoms with Crippen LogP contribution >= 0.6 is 0 Å². The number of ether oxygens (including phenoxy) is 1. The minimum atomic E-state index is -0.796. The summed E-state index contributed by atoms with van der Waals surface area (Å²) in [5.41, 5.74) is 4.91. The highest BCUT2D eigenvalue weighted by Gasteiger charge is 2.37. The Labute approximate surface area is 185 Å². The van der Waals surface area contributed by atoms with Crippen molar-refractivity contribution in [1.82, 2.24) is 9.88 Å². The summed E-state index contributed by atoms with van der Waals surface area (Å²) in [5, 5.41) is 2.26. The van der Waals surface area contributed by atoms with Gasteiger partial charge in [0.2, 0.25) is 0 Å². The van der Waals surface area contributed by atoms with E-state index in [-0.39, 0.29) is 5.57 Å². The van der Waals surface area contributed by atoms with Crippen molar-refractivity contribution in [2.24, 2.45) is 0 Å². The van der Waals surface area contributed by atoms with Crippen molar-refractivity contribution in [3.63, 3.8) is 0 Å². The Morgan fingerprint density at radius 3 is 2.31 bits per heavy atom. The van der Waals surface area contributed by atoms with Crippen LogP contribution in [0.5, 0.6) is 5.75 Å². The number of aromatic nitrogens is 1. The largest absolute Gasteiger partial charge is 0.497 e. The quantitative estimate of drug-likeness (QED) is 0.501. The molecule has 4 rings (SSSR count). The van der Waals surface area contributed by atoms with E-state index < -0.39 is 17.8 Å². The summed E-state index contributed by atoms with van der Waals surface area (Å²) >= 11 is 0. The molecule has 162 valence electrons. The fraction of sp³-hybridized carbons (Fsp3) is 0.160. The molecular formula is C25H23N3O4. The number of imide groups is 2. The van der Waals surface area contributed by atoms with Gasteiger partial charge >= 0.3 is 6.03 Å². The van der Waals surface area contributed by atoms with Gasteiger partial charge in [-0.05, 0) is 62.7 Å². The van der Waals surface area contributed by atoms with Crippen molar-refractivity contribution in [2.75, 3.05) is 12.0 Å². The number of nitrogens with zero attached hydrogens (tertiary/aromatic N) is 2. The average Bonchev–Trinajstić information content (AvgIpc) is 3.04. The van der Waals surface area contributed by atoms with Gasteiger partial charge in [-0.25, -0.2) is 9.69 Å². The van der Waals surface area contributed by atoms with Crippen molar-refractivity contribution in [3.05, 3.63) is 82.7 Å². The number of carbonyl (C=O) groups excluding carboxylic acids is 3. The number of hydrogen-bond donors (Lipinski definition) is 1. The molecule has 0 spiro atoms. The third kappa shape index (κ3) is 3.69. The van der Waals surface area contributed by atoms with Crippen LogP contribution in [0.1, 0.15) is 22.5 Å². The van der Waals surface area contributed by atoms with Gasteiger partial charge in [0.1, 0.15) is 11.3 Å². The molecule has 2 aromatic carbocycles. The Kier molecular flexibility index (Phi) is 5.40. The summed E-state index contributed by atoms with van der Waals surface area (Å²) in [7, 11) is 1.50. The molecule has 7 heteroatoms. The lowest BCUT2D eigenvalue weighted by molar-refractivity contribution is -0.122. The molecule has 2 heterocycles. The predicted molar refractivity (Wildman–Crippen MR) is 122 cm³/mol. The first-order valence-corrected chi connectivity index (χ1v) is 10.1. The van der Waals surface area contributed by atoms with Crippen LogP contribution in [-0.4, -0.2) is 29.5 Å². The normalized spacial score (nSPS) is 15.3. The van der Waals surface area contributed by atoms with Crippen LogP contribution in [0.25, 0.3) is 11.8 Å². The number of amides is 4. The summed E-state index contributed by atoms with van der Waals surface area (Å²) in [5.74, 6) is -0.918. The third-order valence-corrected chi connectivity index (χ3v) is 5.48. The lowest BCUT2D eigenvalue weighted by Crippen LogP contribution is -2.54. The number of urea groups is 1. The summed E-state index contributed by atoms with van der Waals surface area (Å²) in [6.07, 6.45) is 1.53. The van der Waals surface area contributed by atoms with E-state index in [1.807, 2.05) is 51.1 Å². The molecule has 3 aromatic rings. The fourth-order valence-corrected chi connectivity index (χ4v) is 3.82. The molecule has 1 saturated heterocycles. The highest BCUT2D eigenvalue weighted by molar-refractivity contribution is 6.39. The number of anilines is 1. The Bertz CT molecular complexity index is 1270. The molecule has 7 nitrogen and oxygen atoms in total. The van der Waals surface area contributed by atoms with Gasteiger partial charge in [-0.2, -0.15) is 0 Å². The highest BCUT2D eigenvalue weighted by atomic mass is 16.5. The Balaban J connectivity index is 1.75. The summed E-state index contributed by atoms with van der Waals surface area (Å²) in [6.45, 7) is 5.91. The van der Waals surface area contributed by atoms with Crippen molar-refractivity contribution < 1.29 is 19.1 Å². The number of barbiturate groups is 1. The predicted octanol–water partition coefficient (Wildman–Crippen LogP) is 4.08. The first-order valence-electron chi connectivity index (χ1n) is 10.1. The number of benzene rings is 2. The minimum Gasteiger partial charge on any atom is -0.497 e. The molecule has 1 aliphatic rings. The molecule has 1 fully saturated rings. The van der Waals surface area contributed by atoms with Crippen LogP contribution in [0, 0.1) is 20.8 Å². The molecule has 0 saturated carbocycles. The van der Waals surface area contributed by atoms with Crippen LogP contribution in [-0.2, 0) is 9.59 Å². The van der Waals surface area contributed by atoms with E-state index in [0.29, 0.717) is 11.4 Å². The number of aryl methyl sites for hydroxylation is 2. The zero-order valence-corrected chi connectivity index (χ0v) is 18.3. The molecule has 0 unspecified atom stereocenters. The van der Waals surface area contributed by atoms with E-state index in [9.17, 15) is 14.4 Å². The lowest BCUT2D eigenvalue weighted by atomic mass is 10.1. The van der Waals surface area contributed by atoms with Crippen LogP contribution in [0.4, 0.5) is 10.5 Å².